The summed E-state index contributed by atoms with van der Waals surface area (Å²) in [5.41, 5.74) is 2.40. The summed E-state index contributed by atoms with van der Waals surface area (Å²) in [5, 5.41) is 11.3. The molecule has 0 spiro atoms. The Morgan fingerprint density at radius 2 is 2.00 bits per heavy atom. The molecule has 7 heteroatoms. The van der Waals surface area contributed by atoms with Gasteiger partial charge in [-0.3, -0.25) is 4.72 Å². The highest BCUT2D eigenvalue weighted by Gasteiger charge is 2.17. The lowest BCUT2D eigenvalue weighted by atomic mass is 10.1. The van der Waals surface area contributed by atoms with Gasteiger partial charge in [-0.2, -0.15) is 0 Å². The van der Waals surface area contributed by atoms with Crippen LogP contribution >= 0.6 is 11.3 Å². The molecule has 108 valence electrons. The minimum absolute atomic E-state index is 0.203. The summed E-state index contributed by atoms with van der Waals surface area (Å²) in [7, 11) is -3.65. The molecule has 0 saturated carbocycles. The number of rotatable bonds is 4. The highest BCUT2D eigenvalue weighted by molar-refractivity contribution is 7.93. The van der Waals surface area contributed by atoms with Crippen LogP contribution in [0.3, 0.4) is 0 Å². The van der Waals surface area contributed by atoms with Crippen LogP contribution in [0.15, 0.2) is 28.5 Å². The molecule has 0 bridgehead atoms. The third kappa shape index (κ3) is 3.17. The molecule has 1 heterocycles. The maximum atomic E-state index is 12.2. The number of benzene rings is 1. The third-order valence-corrected chi connectivity index (χ3v) is 5.20. The molecule has 0 radical (unpaired) electrons. The molecular weight excluding hydrogens is 296 g/mol. The predicted octanol–water partition coefficient (Wildman–Crippen LogP) is 2.61. The van der Waals surface area contributed by atoms with Crippen molar-refractivity contribution in [3.8, 4) is 0 Å². The third-order valence-electron chi connectivity index (χ3n) is 2.96. The van der Waals surface area contributed by atoms with Crippen LogP contribution in [0, 0.1) is 13.8 Å². The van der Waals surface area contributed by atoms with Crippen LogP contribution in [0.5, 0.6) is 0 Å². The monoisotopic (exact) mass is 312 g/mol. The van der Waals surface area contributed by atoms with Gasteiger partial charge in [-0.05, 0) is 44.0 Å². The van der Waals surface area contributed by atoms with Gasteiger partial charge in [-0.1, -0.05) is 6.07 Å². The summed E-state index contributed by atoms with van der Waals surface area (Å²) >= 11 is 1.15. The molecule has 1 aromatic heterocycles. The van der Waals surface area contributed by atoms with E-state index in [9.17, 15) is 13.5 Å². The summed E-state index contributed by atoms with van der Waals surface area (Å²) in [4.78, 5) is 4.24. The van der Waals surface area contributed by atoms with Crippen LogP contribution < -0.4 is 4.72 Å². The number of aryl methyl sites for hydroxylation is 2. The standard InChI is InChI=1S/C13H16N2O3S2/c1-8-4-5-11(6-9(8)2)20(17,18)15-13-14-12(7-19-13)10(3)16/h4-7,10,16H,1-3H3,(H,14,15). The van der Waals surface area contributed by atoms with Gasteiger partial charge in [-0.15, -0.1) is 11.3 Å². The van der Waals surface area contributed by atoms with E-state index in [1.807, 2.05) is 13.8 Å². The first-order chi connectivity index (χ1) is 9.29. The van der Waals surface area contributed by atoms with Crippen LogP contribution in [0.1, 0.15) is 29.8 Å². The summed E-state index contributed by atoms with van der Waals surface area (Å²) in [6, 6.07) is 4.96. The number of thiazole rings is 1. The molecule has 20 heavy (non-hydrogen) atoms. The van der Waals surface area contributed by atoms with E-state index in [4.69, 9.17) is 0 Å². The zero-order valence-electron chi connectivity index (χ0n) is 11.4. The van der Waals surface area contributed by atoms with Crippen molar-refractivity contribution in [1.29, 1.82) is 0 Å². The lowest BCUT2D eigenvalue weighted by Gasteiger charge is -2.07. The minimum Gasteiger partial charge on any atom is -0.387 e. The van der Waals surface area contributed by atoms with E-state index >= 15 is 0 Å². The van der Waals surface area contributed by atoms with Crippen molar-refractivity contribution >= 4 is 26.5 Å². The molecule has 0 aliphatic carbocycles. The maximum absolute atomic E-state index is 12.2. The van der Waals surface area contributed by atoms with E-state index in [2.05, 4.69) is 9.71 Å². The Kier molecular flexibility index (Phi) is 4.12. The number of nitrogens with zero attached hydrogens (tertiary/aromatic N) is 1. The van der Waals surface area contributed by atoms with Gasteiger partial charge in [0.25, 0.3) is 10.0 Å². The van der Waals surface area contributed by atoms with Crippen LogP contribution in [-0.4, -0.2) is 18.5 Å². The molecular formula is C13H16N2O3S2. The number of hydrogen-bond acceptors (Lipinski definition) is 5. The molecule has 2 N–H and O–H groups in total. The van der Waals surface area contributed by atoms with Crippen molar-refractivity contribution in [3.05, 3.63) is 40.4 Å². The lowest BCUT2D eigenvalue weighted by Crippen LogP contribution is -2.13. The van der Waals surface area contributed by atoms with Crippen LogP contribution in [-0.2, 0) is 10.0 Å². The average molecular weight is 312 g/mol. The number of aliphatic hydroxyl groups is 1. The van der Waals surface area contributed by atoms with Gasteiger partial charge < -0.3 is 5.11 Å². The van der Waals surface area contributed by atoms with E-state index in [0.29, 0.717) is 5.69 Å². The number of aliphatic hydroxyl groups excluding tert-OH is 1. The summed E-state index contributed by atoms with van der Waals surface area (Å²) in [6.07, 6.45) is -0.717. The van der Waals surface area contributed by atoms with Crippen molar-refractivity contribution < 1.29 is 13.5 Å². The van der Waals surface area contributed by atoms with Crippen molar-refractivity contribution in [2.45, 2.75) is 31.8 Å². The first kappa shape index (κ1) is 15.0. The van der Waals surface area contributed by atoms with Gasteiger partial charge in [0, 0.05) is 5.38 Å². The SMILES string of the molecule is Cc1ccc(S(=O)(=O)Nc2nc(C(C)O)cs2)cc1C. The molecule has 1 atom stereocenters. The fourth-order valence-electron chi connectivity index (χ4n) is 1.58. The zero-order chi connectivity index (χ0) is 14.9. The Balaban J connectivity index is 2.28. The second-order valence-electron chi connectivity index (χ2n) is 4.61. The van der Waals surface area contributed by atoms with Gasteiger partial charge in [0.1, 0.15) is 0 Å². The Hall–Kier alpha value is -1.44. The molecule has 0 saturated heterocycles. The van der Waals surface area contributed by atoms with Crippen molar-refractivity contribution in [1.82, 2.24) is 4.98 Å². The number of nitrogens with one attached hydrogen (secondary N) is 1. The minimum atomic E-state index is -3.65. The highest BCUT2D eigenvalue weighted by Crippen LogP contribution is 2.24. The van der Waals surface area contributed by atoms with Crippen molar-refractivity contribution in [2.75, 3.05) is 4.72 Å². The van der Waals surface area contributed by atoms with Gasteiger partial charge in [0.2, 0.25) is 0 Å². The van der Waals surface area contributed by atoms with Crippen molar-refractivity contribution in [3.63, 3.8) is 0 Å². The second-order valence-corrected chi connectivity index (χ2v) is 7.15. The Morgan fingerprint density at radius 1 is 1.30 bits per heavy atom. The topological polar surface area (TPSA) is 79.3 Å². The average Bonchev–Trinajstić information content (AvgIpc) is 2.80. The van der Waals surface area contributed by atoms with Gasteiger partial charge in [0.15, 0.2) is 5.13 Å². The number of anilines is 1. The molecule has 2 rings (SSSR count). The normalized spacial score (nSPS) is 13.2. The predicted molar refractivity (Wildman–Crippen MR) is 79.5 cm³/mol. The molecule has 0 amide bonds. The highest BCUT2D eigenvalue weighted by atomic mass is 32.2. The summed E-state index contributed by atoms with van der Waals surface area (Å²) in [5.74, 6) is 0. The van der Waals surface area contributed by atoms with Crippen molar-refractivity contribution in [2.24, 2.45) is 0 Å². The maximum Gasteiger partial charge on any atom is 0.263 e. The molecule has 2 aromatic rings. The van der Waals surface area contributed by atoms with Crippen LogP contribution in [0.25, 0.3) is 0 Å². The Bertz CT molecular complexity index is 721. The first-order valence-electron chi connectivity index (χ1n) is 6.03. The fraction of sp³-hybridized carbons (Fsp3) is 0.308. The number of sulfonamides is 1. The number of hydrogen-bond donors (Lipinski definition) is 2. The largest absolute Gasteiger partial charge is 0.387 e. The smallest absolute Gasteiger partial charge is 0.263 e. The quantitative estimate of drug-likeness (QED) is 0.909. The lowest BCUT2D eigenvalue weighted by molar-refractivity contribution is 0.195. The van der Waals surface area contributed by atoms with Gasteiger partial charge in [0.05, 0.1) is 16.7 Å². The van der Waals surface area contributed by atoms with E-state index in [-0.39, 0.29) is 10.0 Å². The molecule has 0 fully saturated rings. The van der Waals surface area contributed by atoms with Crippen LogP contribution in [0.2, 0.25) is 0 Å². The van der Waals surface area contributed by atoms with Gasteiger partial charge in [-0.25, -0.2) is 13.4 Å². The molecule has 1 aromatic carbocycles. The Labute approximate surface area is 122 Å². The molecule has 1 unspecified atom stereocenters. The second kappa shape index (κ2) is 5.51. The van der Waals surface area contributed by atoms with E-state index in [1.165, 1.54) is 0 Å². The van der Waals surface area contributed by atoms with E-state index < -0.39 is 16.1 Å². The molecule has 5 nitrogen and oxygen atoms in total. The van der Waals surface area contributed by atoms with Crippen LogP contribution in [0.4, 0.5) is 5.13 Å². The first-order valence-corrected chi connectivity index (χ1v) is 8.39. The fourth-order valence-corrected chi connectivity index (χ4v) is 3.71. The zero-order valence-corrected chi connectivity index (χ0v) is 13.0. The molecule has 0 aliphatic heterocycles. The molecule has 0 aliphatic rings. The van der Waals surface area contributed by atoms with Gasteiger partial charge >= 0.3 is 0 Å². The Morgan fingerprint density at radius 3 is 2.55 bits per heavy atom. The summed E-state index contributed by atoms with van der Waals surface area (Å²) in [6.45, 7) is 5.37. The summed E-state index contributed by atoms with van der Waals surface area (Å²) < 4.78 is 26.9. The number of aromatic nitrogens is 1. The van der Waals surface area contributed by atoms with E-state index in [0.717, 1.165) is 22.5 Å². The van der Waals surface area contributed by atoms with E-state index in [1.54, 1.807) is 30.5 Å².